The number of hydrogen-bond acceptors (Lipinski definition) is 6. The number of halogens is 1. The van der Waals surface area contributed by atoms with Gasteiger partial charge in [0.15, 0.2) is 11.5 Å². The van der Waals surface area contributed by atoms with Crippen molar-refractivity contribution in [1.29, 1.82) is 0 Å². The molecule has 21 heavy (non-hydrogen) atoms. The first kappa shape index (κ1) is 13.6. The monoisotopic (exact) mass is 309 g/mol. The fourth-order valence-corrected chi connectivity index (χ4v) is 2.45. The number of fused-ring (bicyclic) bond motifs is 3. The summed E-state index contributed by atoms with van der Waals surface area (Å²) >= 11 is 6.13. The van der Waals surface area contributed by atoms with Crippen LogP contribution in [0.4, 0.5) is 16.3 Å². The first-order chi connectivity index (χ1) is 10.1. The molecule has 7 nitrogen and oxygen atoms in total. The fourth-order valence-electron chi connectivity index (χ4n) is 2.22. The predicted octanol–water partition coefficient (Wildman–Crippen LogP) is 1.98. The third-order valence-electron chi connectivity index (χ3n) is 3.05. The number of ether oxygens (including phenoxy) is 1. The Morgan fingerprint density at radius 1 is 1.48 bits per heavy atom. The largest absolute Gasteiger partial charge is 0.533 e. The van der Waals surface area contributed by atoms with E-state index in [1.165, 1.54) is 16.3 Å². The number of pyridine rings is 1. The summed E-state index contributed by atoms with van der Waals surface area (Å²) in [6.07, 6.45) is 5.87. The van der Waals surface area contributed by atoms with E-state index < -0.39 is 6.16 Å². The quantitative estimate of drug-likeness (QED) is 0.778. The molecule has 3 heterocycles. The Bertz CT molecular complexity index is 710. The Balaban J connectivity index is 2.07. The summed E-state index contributed by atoms with van der Waals surface area (Å²) in [6.45, 7) is 2.43. The molecule has 3 rings (SSSR count). The lowest BCUT2D eigenvalue weighted by atomic mass is 10.3. The van der Waals surface area contributed by atoms with Gasteiger partial charge in [-0.3, -0.25) is 4.79 Å². The number of aromatic nitrogens is 1. The van der Waals surface area contributed by atoms with Crippen LogP contribution in [0.1, 0.15) is 6.92 Å². The van der Waals surface area contributed by atoms with Crippen LogP contribution < -0.4 is 15.4 Å². The van der Waals surface area contributed by atoms with Gasteiger partial charge in [0.1, 0.15) is 0 Å². The standard InChI is InChI=1S/C13H12ClN3O4/c1-2-20-13(19)21-17-8-9-4-3-6-15(9)12-11(17)10(18)5-7-16(12)14/h3-5,7-8H,2,6H2,1H3. The molecule has 0 amide bonds. The van der Waals surface area contributed by atoms with Gasteiger partial charge >= 0.3 is 6.16 Å². The molecule has 0 atom stereocenters. The molecule has 0 saturated heterocycles. The van der Waals surface area contributed by atoms with Crippen molar-refractivity contribution in [3.63, 3.8) is 0 Å². The zero-order valence-corrected chi connectivity index (χ0v) is 11.9. The maximum Gasteiger partial charge on any atom is 0.533 e. The second-order valence-electron chi connectivity index (χ2n) is 4.33. The van der Waals surface area contributed by atoms with Crippen molar-refractivity contribution in [2.24, 2.45) is 0 Å². The van der Waals surface area contributed by atoms with Crippen LogP contribution in [0.3, 0.4) is 0 Å². The number of nitrogens with zero attached hydrogens (tertiary/aromatic N) is 3. The molecule has 1 aromatic rings. The number of carbonyl (C=O) groups excluding carboxylic acids is 1. The highest BCUT2D eigenvalue weighted by Gasteiger charge is 2.32. The molecule has 0 radical (unpaired) electrons. The lowest BCUT2D eigenvalue weighted by molar-refractivity contribution is 0.0575. The van der Waals surface area contributed by atoms with E-state index in [0.29, 0.717) is 12.4 Å². The molecule has 0 saturated carbocycles. The van der Waals surface area contributed by atoms with Crippen molar-refractivity contribution in [3.8, 4) is 0 Å². The molecular weight excluding hydrogens is 298 g/mol. The molecule has 0 spiro atoms. The van der Waals surface area contributed by atoms with Crippen LogP contribution >= 0.6 is 11.8 Å². The molecule has 2 aliphatic heterocycles. The van der Waals surface area contributed by atoms with Crippen LogP contribution in [0.15, 0.2) is 41.1 Å². The van der Waals surface area contributed by atoms with E-state index in [0.717, 1.165) is 10.8 Å². The van der Waals surface area contributed by atoms with Crippen LogP contribution in [0.5, 0.6) is 0 Å². The number of rotatable bonds is 2. The van der Waals surface area contributed by atoms with E-state index in [-0.39, 0.29) is 17.7 Å². The normalized spacial score (nSPS) is 15.4. The summed E-state index contributed by atoms with van der Waals surface area (Å²) in [4.78, 5) is 30.6. The SMILES string of the molecule is CCOC(=O)ON1C=C2C=CCN2c2c1c(=O)ccn2Cl. The minimum Gasteiger partial charge on any atom is -0.433 e. The lowest BCUT2D eigenvalue weighted by Gasteiger charge is -2.32. The summed E-state index contributed by atoms with van der Waals surface area (Å²) in [5.74, 6) is 0.441. The highest BCUT2D eigenvalue weighted by molar-refractivity contribution is 6.17. The highest BCUT2D eigenvalue weighted by atomic mass is 35.5. The van der Waals surface area contributed by atoms with E-state index in [9.17, 15) is 9.59 Å². The first-order valence-corrected chi connectivity index (χ1v) is 6.67. The molecule has 0 aliphatic carbocycles. The minimum absolute atomic E-state index is 0.160. The number of hydrogen-bond donors (Lipinski definition) is 0. The molecule has 0 aromatic carbocycles. The van der Waals surface area contributed by atoms with Crippen molar-refractivity contribution < 1.29 is 14.4 Å². The Hall–Kier alpha value is -2.41. The average Bonchev–Trinajstić information content (AvgIpc) is 2.90. The van der Waals surface area contributed by atoms with Gasteiger partial charge in [0, 0.05) is 30.6 Å². The fraction of sp³-hybridized carbons (Fsp3) is 0.231. The van der Waals surface area contributed by atoms with E-state index in [1.807, 2.05) is 17.1 Å². The van der Waals surface area contributed by atoms with Crippen molar-refractivity contribution in [2.45, 2.75) is 6.92 Å². The summed E-state index contributed by atoms with van der Waals surface area (Å²) in [6, 6.07) is 1.30. The minimum atomic E-state index is -0.889. The first-order valence-electron chi connectivity index (χ1n) is 6.33. The Kier molecular flexibility index (Phi) is 3.34. The van der Waals surface area contributed by atoms with Crippen molar-refractivity contribution in [3.05, 3.63) is 46.5 Å². The Morgan fingerprint density at radius 3 is 3.05 bits per heavy atom. The van der Waals surface area contributed by atoms with Crippen LogP contribution in [-0.4, -0.2) is 23.4 Å². The number of anilines is 2. The van der Waals surface area contributed by atoms with Crippen LogP contribution in [0.2, 0.25) is 0 Å². The summed E-state index contributed by atoms with van der Waals surface area (Å²) in [5.41, 5.74) is 0.605. The van der Waals surface area contributed by atoms with E-state index in [2.05, 4.69) is 0 Å². The predicted molar refractivity (Wildman–Crippen MR) is 77.1 cm³/mol. The molecular formula is C13H12ClN3O4. The highest BCUT2D eigenvalue weighted by Crippen LogP contribution is 2.36. The van der Waals surface area contributed by atoms with Gasteiger partial charge in [-0.2, -0.15) is 5.06 Å². The second kappa shape index (κ2) is 5.17. The molecule has 0 N–H and O–H groups in total. The number of carbonyl (C=O) groups is 1. The molecule has 2 aliphatic rings. The topological polar surface area (TPSA) is 64.0 Å². The summed E-state index contributed by atoms with van der Waals surface area (Å²) in [5, 5.41) is 1.09. The van der Waals surface area contributed by atoms with Gasteiger partial charge in [0.05, 0.1) is 18.5 Å². The molecule has 0 bridgehead atoms. The number of allylic oxidation sites excluding steroid dienone is 1. The second-order valence-corrected chi connectivity index (χ2v) is 4.69. The molecule has 0 fully saturated rings. The van der Waals surface area contributed by atoms with Crippen LogP contribution in [0.25, 0.3) is 0 Å². The zero-order valence-electron chi connectivity index (χ0n) is 11.2. The van der Waals surface area contributed by atoms with Crippen LogP contribution in [0, 0.1) is 0 Å². The van der Waals surface area contributed by atoms with Gasteiger partial charge < -0.3 is 14.5 Å². The average molecular weight is 310 g/mol. The molecule has 0 unspecified atom stereocenters. The number of hydroxylamine groups is 1. The van der Waals surface area contributed by atoms with E-state index in [1.54, 1.807) is 13.1 Å². The molecule has 8 heteroatoms. The van der Waals surface area contributed by atoms with Crippen molar-refractivity contribution in [2.75, 3.05) is 23.1 Å². The smallest absolute Gasteiger partial charge is 0.433 e. The summed E-state index contributed by atoms with van der Waals surface area (Å²) in [7, 11) is 0. The summed E-state index contributed by atoms with van der Waals surface area (Å²) < 4.78 is 6.03. The zero-order chi connectivity index (χ0) is 15.0. The lowest BCUT2D eigenvalue weighted by Crippen LogP contribution is -2.36. The van der Waals surface area contributed by atoms with Crippen molar-refractivity contribution >= 4 is 29.4 Å². The van der Waals surface area contributed by atoms with Crippen molar-refractivity contribution in [1.82, 2.24) is 4.09 Å². The van der Waals surface area contributed by atoms with Gasteiger partial charge in [-0.15, -0.1) is 0 Å². The third-order valence-corrected chi connectivity index (χ3v) is 3.33. The third kappa shape index (κ3) is 2.25. The Labute approximate surface area is 125 Å². The van der Waals surface area contributed by atoms with Gasteiger partial charge in [0.2, 0.25) is 5.43 Å². The van der Waals surface area contributed by atoms with Gasteiger partial charge in [0.25, 0.3) is 0 Å². The van der Waals surface area contributed by atoms with E-state index >= 15 is 0 Å². The van der Waals surface area contributed by atoms with Crippen LogP contribution in [-0.2, 0) is 9.57 Å². The maximum atomic E-state index is 12.1. The van der Waals surface area contributed by atoms with Gasteiger partial charge in [-0.1, -0.05) is 6.08 Å². The molecule has 110 valence electrons. The Morgan fingerprint density at radius 2 is 2.29 bits per heavy atom. The van der Waals surface area contributed by atoms with Gasteiger partial charge in [-0.05, 0) is 13.0 Å². The molecule has 1 aromatic heterocycles. The van der Waals surface area contributed by atoms with Gasteiger partial charge in [-0.25, -0.2) is 8.88 Å². The maximum absolute atomic E-state index is 12.1. The van der Waals surface area contributed by atoms with E-state index in [4.69, 9.17) is 21.4 Å².